The highest BCUT2D eigenvalue weighted by molar-refractivity contribution is 5.97. The largest absolute Gasteiger partial charge is 0.465 e. The Morgan fingerprint density at radius 2 is 2.04 bits per heavy atom. The first-order valence-electron chi connectivity index (χ1n) is 10.1. The summed E-state index contributed by atoms with van der Waals surface area (Å²) in [5.41, 5.74) is 2.71. The van der Waals surface area contributed by atoms with Gasteiger partial charge in [-0.3, -0.25) is 9.69 Å². The first-order valence-corrected chi connectivity index (χ1v) is 10.1. The molecule has 2 aromatic rings. The van der Waals surface area contributed by atoms with E-state index in [1.54, 1.807) is 12.1 Å². The molecule has 6 heteroatoms. The average molecular weight is 385 g/mol. The summed E-state index contributed by atoms with van der Waals surface area (Å²) >= 11 is 0. The molecule has 150 valence electrons. The number of hydrogen-bond donors (Lipinski definition) is 0. The number of carbonyl (C=O) groups is 1. The molecule has 1 aromatic carbocycles. The van der Waals surface area contributed by atoms with Crippen LogP contribution in [0.15, 0.2) is 28.7 Å². The van der Waals surface area contributed by atoms with Gasteiger partial charge in [-0.1, -0.05) is 12.1 Å². The molecule has 3 heterocycles. The van der Waals surface area contributed by atoms with Crippen molar-refractivity contribution in [1.82, 2.24) is 14.7 Å². The van der Waals surface area contributed by atoms with Crippen LogP contribution in [0.5, 0.6) is 0 Å². The van der Waals surface area contributed by atoms with Crippen molar-refractivity contribution >= 4 is 5.91 Å². The summed E-state index contributed by atoms with van der Waals surface area (Å²) in [6, 6.07) is 6.73. The molecule has 0 spiro atoms. The fourth-order valence-electron chi connectivity index (χ4n) is 4.30. The fraction of sp³-hybridized carbons (Fsp3) is 0.500. The molecule has 2 aliphatic rings. The highest BCUT2D eigenvalue weighted by Crippen LogP contribution is 2.30. The molecule has 0 radical (unpaired) electrons. The highest BCUT2D eigenvalue weighted by Gasteiger charge is 2.31. The molecule has 1 fully saturated rings. The lowest BCUT2D eigenvalue weighted by atomic mass is 10.0. The minimum absolute atomic E-state index is 0.0883. The number of fused-ring (bicyclic) bond motifs is 1. The van der Waals surface area contributed by atoms with E-state index in [-0.39, 0.29) is 11.7 Å². The van der Waals surface area contributed by atoms with Crippen LogP contribution in [0.25, 0.3) is 0 Å². The summed E-state index contributed by atoms with van der Waals surface area (Å²) in [7, 11) is 2.10. The molecular weight excluding hydrogens is 357 g/mol. The van der Waals surface area contributed by atoms with Gasteiger partial charge in [0, 0.05) is 51.3 Å². The molecule has 5 nitrogen and oxygen atoms in total. The molecule has 0 unspecified atom stereocenters. The summed E-state index contributed by atoms with van der Waals surface area (Å²) in [4.78, 5) is 19.8. The van der Waals surface area contributed by atoms with Crippen LogP contribution in [0.2, 0.25) is 0 Å². The van der Waals surface area contributed by atoms with Gasteiger partial charge < -0.3 is 14.2 Å². The monoisotopic (exact) mass is 385 g/mol. The molecule has 1 saturated heterocycles. The van der Waals surface area contributed by atoms with Crippen molar-refractivity contribution < 1.29 is 13.6 Å². The van der Waals surface area contributed by atoms with Gasteiger partial charge in [-0.25, -0.2) is 4.39 Å². The third kappa shape index (κ3) is 3.98. The molecule has 2 aliphatic heterocycles. The molecule has 28 heavy (non-hydrogen) atoms. The Hall–Kier alpha value is -2.18. The van der Waals surface area contributed by atoms with E-state index in [1.165, 1.54) is 6.07 Å². The van der Waals surface area contributed by atoms with E-state index in [0.29, 0.717) is 13.1 Å². The predicted molar refractivity (Wildman–Crippen MR) is 106 cm³/mol. The van der Waals surface area contributed by atoms with Gasteiger partial charge in [0.15, 0.2) is 0 Å². The zero-order valence-corrected chi connectivity index (χ0v) is 16.7. The van der Waals surface area contributed by atoms with E-state index in [2.05, 4.69) is 16.8 Å². The van der Waals surface area contributed by atoms with Gasteiger partial charge in [-0.2, -0.15) is 0 Å². The first kappa shape index (κ1) is 19.2. The van der Waals surface area contributed by atoms with E-state index < -0.39 is 0 Å². The highest BCUT2D eigenvalue weighted by atomic mass is 19.1. The molecule has 0 atom stereocenters. The minimum Gasteiger partial charge on any atom is -0.465 e. The Morgan fingerprint density at radius 3 is 2.86 bits per heavy atom. The Morgan fingerprint density at radius 1 is 1.18 bits per heavy atom. The SMILES string of the molecule is Cc1oc2c(c1C(=O)N1CCCN(C)CC1)CN(Cc1cccc(F)c1)CC2. The van der Waals surface area contributed by atoms with Gasteiger partial charge in [-0.15, -0.1) is 0 Å². The Balaban J connectivity index is 1.53. The number of halogens is 1. The van der Waals surface area contributed by atoms with Gasteiger partial charge in [-0.05, 0) is 44.6 Å². The number of furan rings is 1. The second-order valence-corrected chi connectivity index (χ2v) is 7.97. The Bertz CT molecular complexity index is 863. The van der Waals surface area contributed by atoms with E-state index in [4.69, 9.17) is 4.42 Å². The maximum Gasteiger partial charge on any atom is 0.257 e. The lowest BCUT2D eigenvalue weighted by molar-refractivity contribution is 0.0759. The molecule has 0 aliphatic carbocycles. The smallest absolute Gasteiger partial charge is 0.257 e. The zero-order chi connectivity index (χ0) is 19.7. The van der Waals surface area contributed by atoms with Crippen LogP contribution in [0.3, 0.4) is 0 Å². The third-order valence-electron chi connectivity index (χ3n) is 5.82. The number of benzene rings is 1. The quantitative estimate of drug-likeness (QED) is 0.814. The molecule has 0 bridgehead atoms. The number of carbonyl (C=O) groups excluding carboxylic acids is 1. The van der Waals surface area contributed by atoms with Crippen LogP contribution in [-0.2, 0) is 19.5 Å². The minimum atomic E-state index is -0.212. The van der Waals surface area contributed by atoms with Gasteiger partial charge in [0.05, 0.1) is 5.56 Å². The van der Waals surface area contributed by atoms with Gasteiger partial charge in [0.25, 0.3) is 5.91 Å². The predicted octanol–water partition coefficient (Wildman–Crippen LogP) is 3.06. The van der Waals surface area contributed by atoms with Crippen LogP contribution in [0.4, 0.5) is 4.39 Å². The van der Waals surface area contributed by atoms with E-state index in [1.807, 2.05) is 17.9 Å². The summed E-state index contributed by atoms with van der Waals surface area (Å²) in [6.07, 6.45) is 1.77. The Labute approximate surface area is 165 Å². The standard InChI is InChI=1S/C22H28FN3O2/c1-16-21(22(27)26-9-4-8-24(2)11-12-26)19-15-25(10-7-20(19)28-16)14-17-5-3-6-18(23)13-17/h3,5-6,13H,4,7-12,14-15H2,1-2H3. The second kappa shape index (κ2) is 8.05. The topological polar surface area (TPSA) is 39.9 Å². The lowest BCUT2D eigenvalue weighted by Gasteiger charge is -2.27. The lowest BCUT2D eigenvalue weighted by Crippen LogP contribution is -2.36. The maximum absolute atomic E-state index is 13.5. The molecule has 4 rings (SSSR count). The van der Waals surface area contributed by atoms with Crippen LogP contribution in [0.1, 0.15) is 39.4 Å². The van der Waals surface area contributed by atoms with E-state index in [9.17, 15) is 9.18 Å². The molecular formula is C22H28FN3O2. The van der Waals surface area contributed by atoms with Crippen molar-refractivity contribution in [3.05, 3.63) is 58.3 Å². The summed E-state index contributed by atoms with van der Waals surface area (Å²) in [6.45, 7) is 7.54. The molecule has 0 N–H and O–H groups in total. The number of rotatable bonds is 3. The number of amides is 1. The van der Waals surface area contributed by atoms with Gasteiger partial charge >= 0.3 is 0 Å². The summed E-state index contributed by atoms with van der Waals surface area (Å²) < 4.78 is 19.5. The number of aryl methyl sites for hydroxylation is 1. The van der Waals surface area contributed by atoms with Crippen molar-refractivity contribution in [2.24, 2.45) is 0 Å². The normalized spacial score (nSPS) is 18.8. The Kier molecular flexibility index (Phi) is 5.51. The molecule has 0 saturated carbocycles. The van der Waals surface area contributed by atoms with Crippen LogP contribution in [-0.4, -0.2) is 60.4 Å². The molecule has 1 amide bonds. The molecule has 1 aromatic heterocycles. The van der Waals surface area contributed by atoms with E-state index in [0.717, 1.165) is 73.8 Å². The van der Waals surface area contributed by atoms with Crippen molar-refractivity contribution in [1.29, 1.82) is 0 Å². The van der Waals surface area contributed by atoms with Crippen LogP contribution in [0, 0.1) is 12.7 Å². The number of hydrogen-bond acceptors (Lipinski definition) is 4. The third-order valence-corrected chi connectivity index (χ3v) is 5.82. The summed E-state index contributed by atoms with van der Waals surface area (Å²) in [5.74, 6) is 1.53. The van der Waals surface area contributed by atoms with Gasteiger partial charge in [0.1, 0.15) is 17.3 Å². The van der Waals surface area contributed by atoms with Crippen molar-refractivity contribution in [3.63, 3.8) is 0 Å². The maximum atomic E-state index is 13.5. The van der Waals surface area contributed by atoms with Crippen LogP contribution >= 0.6 is 0 Å². The van der Waals surface area contributed by atoms with Crippen molar-refractivity contribution in [2.75, 3.05) is 39.8 Å². The summed E-state index contributed by atoms with van der Waals surface area (Å²) in [5, 5.41) is 0. The fourth-order valence-corrected chi connectivity index (χ4v) is 4.30. The average Bonchev–Trinajstić information content (AvgIpc) is 2.82. The van der Waals surface area contributed by atoms with Gasteiger partial charge in [0.2, 0.25) is 0 Å². The second-order valence-electron chi connectivity index (χ2n) is 7.97. The number of nitrogens with zero attached hydrogens (tertiary/aromatic N) is 3. The van der Waals surface area contributed by atoms with Crippen molar-refractivity contribution in [2.45, 2.75) is 32.9 Å². The van der Waals surface area contributed by atoms with E-state index >= 15 is 0 Å². The number of likely N-dealkylation sites (N-methyl/N-ethyl adjacent to an activating group) is 1. The zero-order valence-electron chi connectivity index (χ0n) is 16.7. The van der Waals surface area contributed by atoms with Crippen LogP contribution < -0.4 is 0 Å². The van der Waals surface area contributed by atoms with Crippen molar-refractivity contribution in [3.8, 4) is 0 Å². The first-order chi connectivity index (χ1) is 13.5.